The van der Waals surface area contributed by atoms with Gasteiger partial charge < -0.3 is 18.9 Å². The maximum atomic E-state index is 12.8. The molecule has 3 aliphatic rings. The number of methoxy groups -OCH3 is 1. The molecule has 3 aromatic rings. The van der Waals surface area contributed by atoms with Crippen LogP contribution in [0.2, 0.25) is 0 Å². The molecule has 0 fully saturated rings. The summed E-state index contributed by atoms with van der Waals surface area (Å²) in [5.74, 6) is 3.42. The normalized spacial score (nSPS) is 20.0. The zero-order valence-corrected chi connectivity index (χ0v) is 17.9. The highest BCUT2D eigenvalue weighted by atomic mass is 16.7. The van der Waals surface area contributed by atoms with E-state index in [1.165, 1.54) is 16.7 Å². The van der Waals surface area contributed by atoms with Crippen LogP contribution in [-0.2, 0) is 19.3 Å². The standard InChI is InChI=1S/C27H24O5/c1-29-23-10-9-18-11-20-17(7-8-19-13-24-25(14-21(19)20)31-15-30-24)12-22(18)26(23)32-27(28)16-5-3-2-4-6-16/h2-6,9-10,13-14,17,20H,7-8,11-12,15H2,1H3. The van der Waals surface area contributed by atoms with Crippen molar-refractivity contribution in [2.45, 2.75) is 31.6 Å². The molecular formula is C27H24O5. The lowest BCUT2D eigenvalue weighted by molar-refractivity contribution is 0.0726. The molecule has 5 nitrogen and oxygen atoms in total. The molecule has 0 radical (unpaired) electrons. The molecule has 0 amide bonds. The lowest BCUT2D eigenvalue weighted by atomic mass is 9.66. The summed E-state index contributed by atoms with van der Waals surface area (Å²) in [6.07, 6.45) is 3.89. The Hall–Kier alpha value is -3.47. The quantitative estimate of drug-likeness (QED) is 0.430. The van der Waals surface area contributed by atoms with E-state index in [4.69, 9.17) is 18.9 Å². The average Bonchev–Trinajstić information content (AvgIpc) is 3.30. The van der Waals surface area contributed by atoms with Crippen molar-refractivity contribution in [3.05, 3.63) is 82.4 Å². The molecule has 0 aromatic heterocycles. The first kappa shape index (κ1) is 19.2. The van der Waals surface area contributed by atoms with Crippen LogP contribution in [0.1, 0.15) is 45.0 Å². The molecule has 1 heterocycles. The monoisotopic (exact) mass is 428 g/mol. The molecule has 2 atom stereocenters. The maximum Gasteiger partial charge on any atom is 0.343 e. The van der Waals surface area contributed by atoms with Gasteiger partial charge in [-0.15, -0.1) is 0 Å². The van der Waals surface area contributed by atoms with Crippen molar-refractivity contribution < 1.29 is 23.7 Å². The van der Waals surface area contributed by atoms with Gasteiger partial charge in [0.15, 0.2) is 23.0 Å². The van der Waals surface area contributed by atoms with E-state index in [-0.39, 0.29) is 5.97 Å². The Morgan fingerprint density at radius 3 is 2.59 bits per heavy atom. The first-order chi connectivity index (χ1) is 15.7. The zero-order valence-electron chi connectivity index (χ0n) is 17.9. The van der Waals surface area contributed by atoms with Gasteiger partial charge >= 0.3 is 5.97 Å². The van der Waals surface area contributed by atoms with Gasteiger partial charge in [-0.2, -0.15) is 0 Å². The summed E-state index contributed by atoms with van der Waals surface area (Å²) in [4.78, 5) is 12.8. The molecule has 162 valence electrons. The highest BCUT2D eigenvalue weighted by Gasteiger charge is 2.37. The van der Waals surface area contributed by atoms with Gasteiger partial charge in [0, 0.05) is 5.56 Å². The largest absolute Gasteiger partial charge is 0.493 e. The second-order valence-electron chi connectivity index (χ2n) is 8.71. The molecule has 0 bridgehead atoms. The molecule has 1 aliphatic heterocycles. The first-order valence-corrected chi connectivity index (χ1v) is 11.1. The Labute approximate surface area is 186 Å². The van der Waals surface area contributed by atoms with Crippen LogP contribution >= 0.6 is 0 Å². The molecular weight excluding hydrogens is 404 g/mol. The van der Waals surface area contributed by atoms with Gasteiger partial charge in [-0.1, -0.05) is 24.3 Å². The van der Waals surface area contributed by atoms with E-state index in [2.05, 4.69) is 18.2 Å². The van der Waals surface area contributed by atoms with Crippen molar-refractivity contribution in [1.82, 2.24) is 0 Å². The van der Waals surface area contributed by atoms with E-state index in [1.807, 2.05) is 24.3 Å². The van der Waals surface area contributed by atoms with Gasteiger partial charge in [-0.25, -0.2) is 4.79 Å². The van der Waals surface area contributed by atoms with Gasteiger partial charge in [-0.3, -0.25) is 0 Å². The van der Waals surface area contributed by atoms with Crippen molar-refractivity contribution in [3.63, 3.8) is 0 Å². The Morgan fingerprint density at radius 1 is 0.969 bits per heavy atom. The SMILES string of the molecule is COc1ccc2c(c1OC(=O)c1ccccc1)CC1CCc3cc4c(cc3C1C2)OCO4. The number of hydrogen-bond donors (Lipinski definition) is 0. The Morgan fingerprint density at radius 2 is 1.78 bits per heavy atom. The Balaban J connectivity index is 1.36. The third kappa shape index (κ3) is 3.11. The van der Waals surface area contributed by atoms with Crippen LogP contribution in [-0.4, -0.2) is 19.9 Å². The van der Waals surface area contributed by atoms with Crippen LogP contribution in [0.3, 0.4) is 0 Å². The van der Waals surface area contributed by atoms with Gasteiger partial charge in [0.05, 0.1) is 12.7 Å². The number of ether oxygens (including phenoxy) is 4. The van der Waals surface area contributed by atoms with Crippen molar-refractivity contribution in [3.8, 4) is 23.0 Å². The molecule has 5 heteroatoms. The van der Waals surface area contributed by atoms with Gasteiger partial charge in [0.25, 0.3) is 0 Å². The van der Waals surface area contributed by atoms with Gasteiger partial charge in [-0.05, 0) is 84.5 Å². The fourth-order valence-corrected chi connectivity index (χ4v) is 5.44. The molecule has 3 aromatic carbocycles. The number of carbonyl (C=O) groups is 1. The number of fused-ring (bicyclic) bond motifs is 5. The van der Waals surface area contributed by atoms with Crippen molar-refractivity contribution in [2.75, 3.05) is 13.9 Å². The summed E-state index contributed by atoms with van der Waals surface area (Å²) in [5.41, 5.74) is 5.58. The summed E-state index contributed by atoms with van der Waals surface area (Å²) >= 11 is 0. The maximum absolute atomic E-state index is 12.8. The minimum atomic E-state index is -0.360. The number of benzene rings is 3. The molecule has 0 spiro atoms. The van der Waals surface area contributed by atoms with Crippen LogP contribution < -0.4 is 18.9 Å². The Kier molecular flexibility index (Phi) is 4.56. The highest BCUT2D eigenvalue weighted by molar-refractivity contribution is 5.91. The summed E-state index contributed by atoms with van der Waals surface area (Å²) < 4.78 is 22.8. The summed E-state index contributed by atoms with van der Waals surface area (Å²) in [6, 6.07) is 17.5. The molecule has 2 aliphatic carbocycles. The third-order valence-electron chi connectivity index (χ3n) is 7.04. The lowest BCUT2D eigenvalue weighted by Crippen LogP contribution is -2.29. The second-order valence-corrected chi connectivity index (χ2v) is 8.71. The topological polar surface area (TPSA) is 54.0 Å². The molecule has 32 heavy (non-hydrogen) atoms. The third-order valence-corrected chi connectivity index (χ3v) is 7.04. The van der Waals surface area contributed by atoms with Crippen LogP contribution in [0, 0.1) is 5.92 Å². The van der Waals surface area contributed by atoms with E-state index in [9.17, 15) is 4.79 Å². The fourth-order valence-electron chi connectivity index (χ4n) is 5.44. The summed E-state index contributed by atoms with van der Waals surface area (Å²) in [6.45, 7) is 0.297. The van der Waals surface area contributed by atoms with Crippen LogP contribution in [0.15, 0.2) is 54.6 Å². The van der Waals surface area contributed by atoms with E-state index in [0.29, 0.717) is 35.7 Å². The highest BCUT2D eigenvalue weighted by Crippen LogP contribution is 2.50. The zero-order chi connectivity index (χ0) is 21.7. The van der Waals surface area contributed by atoms with Crippen molar-refractivity contribution in [1.29, 1.82) is 0 Å². The number of hydrogen-bond acceptors (Lipinski definition) is 5. The molecule has 2 unspecified atom stereocenters. The minimum absolute atomic E-state index is 0.297. The van der Waals surface area contributed by atoms with Gasteiger partial charge in [0.1, 0.15) is 0 Å². The smallest absolute Gasteiger partial charge is 0.343 e. The number of rotatable bonds is 3. The van der Waals surface area contributed by atoms with E-state index in [1.54, 1.807) is 19.2 Å². The van der Waals surface area contributed by atoms with E-state index < -0.39 is 0 Å². The Bertz CT molecular complexity index is 1200. The molecule has 6 rings (SSSR count). The summed E-state index contributed by atoms with van der Waals surface area (Å²) in [7, 11) is 1.62. The first-order valence-electron chi connectivity index (χ1n) is 11.1. The predicted octanol–water partition coefficient (Wildman–Crippen LogP) is 5.09. The summed E-state index contributed by atoms with van der Waals surface area (Å²) in [5, 5.41) is 0. The van der Waals surface area contributed by atoms with Crippen molar-refractivity contribution in [2.24, 2.45) is 5.92 Å². The van der Waals surface area contributed by atoms with E-state index in [0.717, 1.165) is 42.7 Å². The number of carbonyl (C=O) groups excluding carboxylic acids is 1. The van der Waals surface area contributed by atoms with Crippen LogP contribution in [0.5, 0.6) is 23.0 Å². The second kappa shape index (κ2) is 7.59. The lowest BCUT2D eigenvalue weighted by Gasteiger charge is -2.39. The average molecular weight is 428 g/mol. The number of esters is 1. The molecule has 0 saturated heterocycles. The number of aryl methyl sites for hydroxylation is 1. The predicted molar refractivity (Wildman–Crippen MR) is 119 cm³/mol. The van der Waals surface area contributed by atoms with Crippen molar-refractivity contribution >= 4 is 5.97 Å². The minimum Gasteiger partial charge on any atom is -0.493 e. The molecule has 0 N–H and O–H groups in total. The fraction of sp³-hybridized carbons (Fsp3) is 0.296. The van der Waals surface area contributed by atoms with Gasteiger partial charge in [0.2, 0.25) is 6.79 Å². The van der Waals surface area contributed by atoms with E-state index >= 15 is 0 Å². The van der Waals surface area contributed by atoms with Crippen LogP contribution in [0.4, 0.5) is 0 Å². The molecule has 0 saturated carbocycles. The van der Waals surface area contributed by atoms with Crippen LogP contribution in [0.25, 0.3) is 0 Å².